The van der Waals surface area contributed by atoms with Crippen molar-refractivity contribution in [2.75, 3.05) is 40.1 Å². The first-order valence-electron chi connectivity index (χ1n) is 4.84. The molecule has 0 radical (unpaired) electrons. The van der Waals surface area contributed by atoms with Gasteiger partial charge in [-0.3, -0.25) is 0 Å². The highest BCUT2D eigenvalue weighted by molar-refractivity contribution is 5.51. The number of nitrogen functional groups attached to an aromatic ring is 1. The lowest BCUT2D eigenvalue weighted by Crippen LogP contribution is -2.19. The molecule has 2 N–H and O–H groups in total. The van der Waals surface area contributed by atoms with Gasteiger partial charge in [-0.25, -0.2) is 0 Å². The van der Waals surface area contributed by atoms with Crippen molar-refractivity contribution in [1.82, 2.24) is 4.90 Å². The molecule has 84 valence electrons. The standard InChI is InChI=1S/C11H18N2O2/c1-13(2)6-7-15-11-8-9(12)4-5-10(11)14-3/h4-5,8H,6-7,12H2,1-3H3. The fraction of sp³-hybridized carbons (Fsp3) is 0.455. The van der Waals surface area contributed by atoms with Crippen molar-refractivity contribution < 1.29 is 9.47 Å². The molecule has 0 aliphatic heterocycles. The van der Waals surface area contributed by atoms with E-state index in [4.69, 9.17) is 15.2 Å². The summed E-state index contributed by atoms with van der Waals surface area (Å²) in [4.78, 5) is 2.05. The van der Waals surface area contributed by atoms with Crippen LogP contribution >= 0.6 is 0 Å². The van der Waals surface area contributed by atoms with Crippen molar-refractivity contribution >= 4 is 5.69 Å². The first kappa shape index (κ1) is 11.7. The van der Waals surface area contributed by atoms with E-state index in [2.05, 4.69) is 4.90 Å². The third-order valence-corrected chi connectivity index (χ3v) is 1.98. The van der Waals surface area contributed by atoms with E-state index in [1.807, 2.05) is 14.1 Å². The number of rotatable bonds is 5. The molecule has 4 nitrogen and oxygen atoms in total. The molecule has 0 saturated carbocycles. The Bertz CT molecular complexity index is 313. The minimum atomic E-state index is 0.618. The SMILES string of the molecule is COc1ccc(N)cc1OCCN(C)C. The lowest BCUT2D eigenvalue weighted by Gasteiger charge is -2.13. The maximum absolute atomic E-state index is 5.67. The van der Waals surface area contributed by atoms with E-state index in [-0.39, 0.29) is 0 Å². The molecular formula is C11H18N2O2. The fourth-order valence-electron chi connectivity index (χ4n) is 1.14. The first-order valence-corrected chi connectivity index (χ1v) is 4.84. The molecule has 1 aromatic rings. The Kier molecular flexibility index (Phi) is 4.24. The van der Waals surface area contributed by atoms with Crippen LogP contribution in [0.25, 0.3) is 0 Å². The monoisotopic (exact) mass is 210 g/mol. The summed E-state index contributed by atoms with van der Waals surface area (Å²) in [6.07, 6.45) is 0. The molecule has 0 aromatic heterocycles. The molecule has 0 aliphatic rings. The predicted octanol–water partition coefficient (Wildman–Crippen LogP) is 1.22. The number of likely N-dealkylation sites (N-methyl/N-ethyl adjacent to an activating group) is 1. The van der Waals surface area contributed by atoms with Crippen molar-refractivity contribution in [2.24, 2.45) is 0 Å². The summed E-state index contributed by atoms with van der Waals surface area (Å²) in [5.74, 6) is 1.40. The van der Waals surface area contributed by atoms with Crippen LogP contribution in [0.2, 0.25) is 0 Å². The Morgan fingerprint density at radius 3 is 2.60 bits per heavy atom. The zero-order valence-corrected chi connectivity index (χ0v) is 9.49. The minimum Gasteiger partial charge on any atom is -0.493 e. The molecule has 0 unspecified atom stereocenters. The Morgan fingerprint density at radius 1 is 1.27 bits per heavy atom. The van der Waals surface area contributed by atoms with Crippen LogP contribution < -0.4 is 15.2 Å². The molecule has 1 rings (SSSR count). The third kappa shape index (κ3) is 3.67. The lowest BCUT2D eigenvalue weighted by molar-refractivity contribution is 0.251. The van der Waals surface area contributed by atoms with Gasteiger partial charge in [0.15, 0.2) is 11.5 Å². The molecule has 0 bridgehead atoms. The molecular weight excluding hydrogens is 192 g/mol. The largest absolute Gasteiger partial charge is 0.493 e. The molecule has 0 amide bonds. The van der Waals surface area contributed by atoms with E-state index in [0.29, 0.717) is 23.8 Å². The maximum atomic E-state index is 5.67. The van der Waals surface area contributed by atoms with Gasteiger partial charge < -0.3 is 20.1 Å². The van der Waals surface area contributed by atoms with Crippen molar-refractivity contribution in [3.8, 4) is 11.5 Å². The number of anilines is 1. The van der Waals surface area contributed by atoms with Gasteiger partial charge in [0, 0.05) is 18.3 Å². The van der Waals surface area contributed by atoms with Gasteiger partial charge in [-0.2, -0.15) is 0 Å². The second-order valence-electron chi connectivity index (χ2n) is 3.56. The quantitative estimate of drug-likeness (QED) is 0.742. The van der Waals surface area contributed by atoms with Gasteiger partial charge in [0.2, 0.25) is 0 Å². The van der Waals surface area contributed by atoms with Crippen LogP contribution in [0.3, 0.4) is 0 Å². The van der Waals surface area contributed by atoms with E-state index in [1.54, 1.807) is 25.3 Å². The highest BCUT2D eigenvalue weighted by atomic mass is 16.5. The van der Waals surface area contributed by atoms with Gasteiger partial charge in [0.25, 0.3) is 0 Å². The highest BCUT2D eigenvalue weighted by Crippen LogP contribution is 2.28. The summed E-state index contributed by atoms with van der Waals surface area (Å²) in [5, 5.41) is 0. The smallest absolute Gasteiger partial charge is 0.163 e. The van der Waals surface area contributed by atoms with E-state index < -0.39 is 0 Å². The van der Waals surface area contributed by atoms with Crippen molar-refractivity contribution in [3.05, 3.63) is 18.2 Å². The summed E-state index contributed by atoms with van der Waals surface area (Å²) in [7, 11) is 5.62. The second-order valence-corrected chi connectivity index (χ2v) is 3.56. The number of benzene rings is 1. The van der Waals surface area contributed by atoms with Crippen LogP contribution in [0.5, 0.6) is 11.5 Å². The second kappa shape index (κ2) is 5.46. The third-order valence-electron chi connectivity index (χ3n) is 1.98. The first-order chi connectivity index (χ1) is 7.13. The number of nitrogens with zero attached hydrogens (tertiary/aromatic N) is 1. The Labute approximate surface area is 90.6 Å². The zero-order chi connectivity index (χ0) is 11.3. The number of hydrogen-bond donors (Lipinski definition) is 1. The van der Waals surface area contributed by atoms with E-state index >= 15 is 0 Å². The fourth-order valence-corrected chi connectivity index (χ4v) is 1.14. The molecule has 1 aromatic carbocycles. The normalized spacial score (nSPS) is 10.4. The summed E-state index contributed by atoms with van der Waals surface area (Å²) in [6.45, 7) is 1.48. The van der Waals surface area contributed by atoms with Gasteiger partial charge in [0.1, 0.15) is 6.61 Å². The van der Waals surface area contributed by atoms with E-state index in [0.717, 1.165) is 6.54 Å². The van der Waals surface area contributed by atoms with Gasteiger partial charge >= 0.3 is 0 Å². The summed E-state index contributed by atoms with van der Waals surface area (Å²) in [5.41, 5.74) is 6.34. The average molecular weight is 210 g/mol. The van der Waals surface area contributed by atoms with Gasteiger partial charge in [-0.1, -0.05) is 0 Å². The van der Waals surface area contributed by atoms with Crippen LogP contribution in [-0.2, 0) is 0 Å². The number of ether oxygens (including phenoxy) is 2. The van der Waals surface area contributed by atoms with Crippen molar-refractivity contribution in [3.63, 3.8) is 0 Å². The van der Waals surface area contributed by atoms with E-state index in [1.165, 1.54) is 0 Å². The van der Waals surface area contributed by atoms with Gasteiger partial charge in [-0.05, 0) is 26.2 Å². The summed E-state index contributed by atoms with van der Waals surface area (Å²) in [6, 6.07) is 5.37. The molecule has 0 heterocycles. The van der Waals surface area contributed by atoms with Gasteiger partial charge in [0.05, 0.1) is 7.11 Å². The van der Waals surface area contributed by atoms with Crippen LogP contribution in [0.1, 0.15) is 0 Å². The lowest BCUT2D eigenvalue weighted by atomic mass is 10.3. The predicted molar refractivity (Wildman–Crippen MR) is 61.5 cm³/mol. The summed E-state index contributed by atoms with van der Waals surface area (Å²) < 4.78 is 10.7. The van der Waals surface area contributed by atoms with Crippen molar-refractivity contribution in [2.45, 2.75) is 0 Å². The number of methoxy groups -OCH3 is 1. The maximum Gasteiger partial charge on any atom is 0.163 e. The van der Waals surface area contributed by atoms with Crippen LogP contribution in [0, 0.1) is 0 Å². The molecule has 4 heteroatoms. The number of nitrogens with two attached hydrogens (primary N) is 1. The molecule has 15 heavy (non-hydrogen) atoms. The molecule has 0 atom stereocenters. The highest BCUT2D eigenvalue weighted by Gasteiger charge is 2.04. The van der Waals surface area contributed by atoms with Crippen LogP contribution in [0.4, 0.5) is 5.69 Å². The molecule has 0 spiro atoms. The van der Waals surface area contributed by atoms with Gasteiger partial charge in [-0.15, -0.1) is 0 Å². The molecule has 0 saturated heterocycles. The molecule has 0 aliphatic carbocycles. The Morgan fingerprint density at radius 2 is 2.00 bits per heavy atom. The Balaban J connectivity index is 2.62. The Hall–Kier alpha value is -1.42. The van der Waals surface area contributed by atoms with Crippen LogP contribution in [0.15, 0.2) is 18.2 Å². The summed E-state index contributed by atoms with van der Waals surface area (Å²) >= 11 is 0. The van der Waals surface area contributed by atoms with Crippen molar-refractivity contribution in [1.29, 1.82) is 0 Å². The molecule has 0 fully saturated rings. The average Bonchev–Trinajstić information content (AvgIpc) is 2.17. The topological polar surface area (TPSA) is 47.7 Å². The number of hydrogen-bond acceptors (Lipinski definition) is 4. The van der Waals surface area contributed by atoms with E-state index in [9.17, 15) is 0 Å². The zero-order valence-electron chi connectivity index (χ0n) is 9.49. The minimum absolute atomic E-state index is 0.618. The van der Waals surface area contributed by atoms with Crippen LogP contribution in [-0.4, -0.2) is 39.3 Å².